The normalized spacial score (nSPS) is 14.2. The van der Waals surface area contributed by atoms with Crippen LogP contribution >= 0.6 is 0 Å². The van der Waals surface area contributed by atoms with E-state index in [1.54, 1.807) is 12.1 Å². The number of nitrogens with one attached hydrogen (secondary N) is 2. The molecule has 2 rings (SSSR count). The Morgan fingerprint density at radius 2 is 2.35 bits per heavy atom. The van der Waals surface area contributed by atoms with Crippen LogP contribution in [-0.4, -0.2) is 24.6 Å². The highest BCUT2D eigenvalue weighted by atomic mass is 16.6. The van der Waals surface area contributed by atoms with Gasteiger partial charge >= 0.3 is 5.69 Å². The minimum atomic E-state index is -0.509. The maximum absolute atomic E-state index is 11.1. The molecule has 1 aliphatic rings. The summed E-state index contributed by atoms with van der Waals surface area (Å²) < 4.78 is 0. The number of nitro groups is 1. The molecule has 0 atom stereocenters. The van der Waals surface area contributed by atoms with Crippen LogP contribution in [0.4, 0.5) is 11.4 Å². The first kappa shape index (κ1) is 14.0. The molecule has 0 saturated heterocycles. The fraction of sp³-hybridized carbons (Fsp3) is 0.357. The zero-order valence-corrected chi connectivity index (χ0v) is 11.1. The van der Waals surface area contributed by atoms with Crippen molar-refractivity contribution in [3.8, 4) is 6.07 Å². The van der Waals surface area contributed by atoms with Crippen LogP contribution in [0.25, 0.3) is 0 Å². The maximum atomic E-state index is 11.1. The molecule has 2 N–H and O–H groups in total. The standard InChI is InChI=1S/C14H16N4O2/c15-10-12-2-1-3-13(14(12)18(19)20)17-9-6-11-4-7-16-8-5-11/h1-4,16-17H,5-9H2. The molecule has 104 valence electrons. The molecule has 0 aromatic heterocycles. The van der Waals surface area contributed by atoms with Crippen molar-refractivity contribution in [2.45, 2.75) is 12.8 Å². The van der Waals surface area contributed by atoms with Crippen LogP contribution in [-0.2, 0) is 0 Å². The van der Waals surface area contributed by atoms with Crippen molar-refractivity contribution in [3.63, 3.8) is 0 Å². The predicted octanol–water partition coefficient (Wildman–Crippen LogP) is 2.19. The summed E-state index contributed by atoms with van der Waals surface area (Å²) in [5.41, 5.74) is 1.70. The van der Waals surface area contributed by atoms with Gasteiger partial charge < -0.3 is 10.6 Å². The van der Waals surface area contributed by atoms with Crippen molar-refractivity contribution in [2.24, 2.45) is 0 Å². The van der Waals surface area contributed by atoms with Gasteiger partial charge in [0.15, 0.2) is 0 Å². The number of anilines is 1. The number of nitro benzene ring substituents is 1. The molecule has 0 unspecified atom stereocenters. The Morgan fingerprint density at radius 3 is 3.00 bits per heavy atom. The van der Waals surface area contributed by atoms with Crippen LogP contribution in [0, 0.1) is 21.4 Å². The monoisotopic (exact) mass is 272 g/mol. The van der Waals surface area contributed by atoms with E-state index in [0.717, 1.165) is 25.9 Å². The van der Waals surface area contributed by atoms with Gasteiger partial charge in [0.05, 0.1) is 4.92 Å². The van der Waals surface area contributed by atoms with Crippen LogP contribution in [0.5, 0.6) is 0 Å². The molecule has 0 aliphatic carbocycles. The average molecular weight is 272 g/mol. The lowest BCUT2D eigenvalue weighted by atomic mass is 10.1. The summed E-state index contributed by atoms with van der Waals surface area (Å²) in [6, 6.07) is 6.60. The smallest absolute Gasteiger partial charge is 0.309 e. The second-order valence-electron chi connectivity index (χ2n) is 4.56. The zero-order chi connectivity index (χ0) is 14.4. The number of benzene rings is 1. The molecule has 0 fully saturated rings. The predicted molar refractivity (Wildman–Crippen MR) is 76.5 cm³/mol. The SMILES string of the molecule is N#Cc1cccc(NCCC2=CCNCC2)c1[N+](=O)[O-]. The van der Waals surface area contributed by atoms with Gasteiger partial charge in [0.2, 0.25) is 0 Å². The van der Waals surface area contributed by atoms with Gasteiger partial charge in [0, 0.05) is 13.1 Å². The Morgan fingerprint density at radius 1 is 1.50 bits per heavy atom. The number of para-hydroxylation sites is 1. The van der Waals surface area contributed by atoms with E-state index in [1.807, 2.05) is 6.07 Å². The van der Waals surface area contributed by atoms with Gasteiger partial charge in [-0.2, -0.15) is 5.26 Å². The molecular formula is C14H16N4O2. The maximum Gasteiger partial charge on any atom is 0.309 e. The molecule has 0 amide bonds. The average Bonchev–Trinajstić information content (AvgIpc) is 2.47. The summed E-state index contributed by atoms with van der Waals surface area (Å²) in [5, 5.41) is 26.3. The molecule has 1 heterocycles. The van der Waals surface area contributed by atoms with Gasteiger partial charge in [-0.25, -0.2) is 0 Å². The van der Waals surface area contributed by atoms with E-state index >= 15 is 0 Å². The van der Waals surface area contributed by atoms with Crippen molar-refractivity contribution in [3.05, 3.63) is 45.5 Å². The summed E-state index contributed by atoms with van der Waals surface area (Å²) in [4.78, 5) is 10.6. The Hall–Kier alpha value is -2.39. The minimum absolute atomic E-state index is 0.0843. The van der Waals surface area contributed by atoms with Crippen molar-refractivity contribution in [1.29, 1.82) is 5.26 Å². The van der Waals surface area contributed by atoms with Gasteiger partial charge in [0.1, 0.15) is 17.3 Å². The number of hydrogen-bond acceptors (Lipinski definition) is 5. The van der Waals surface area contributed by atoms with E-state index in [9.17, 15) is 10.1 Å². The summed E-state index contributed by atoms with van der Waals surface area (Å²) in [6.07, 6.45) is 4.03. The van der Waals surface area contributed by atoms with Crippen LogP contribution in [0.1, 0.15) is 18.4 Å². The second-order valence-corrected chi connectivity index (χ2v) is 4.56. The van der Waals surface area contributed by atoms with Crippen LogP contribution in [0.2, 0.25) is 0 Å². The Bertz CT molecular complexity index is 575. The highest BCUT2D eigenvalue weighted by Crippen LogP contribution is 2.28. The first-order chi connectivity index (χ1) is 9.72. The first-order valence-corrected chi connectivity index (χ1v) is 6.52. The number of rotatable bonds is 5. The number of hydrogen-bond donors (Lipinski definition) is 2. The molecular weight excluding hydrogens is 256 g/mol. The molecule has 0 bridgehead atoms. The molecule has 6 heteroatoms. The molecule has 1 aliphatic heterocycles. The quantitative estimate of drug-likeness (QED) is 0.487. The van der Waals surface area contributed by atoms with E-state index in [0.29, 0.717) is 12.2 Å². The highest BCUT2D eigenvalue weighted by molar-refractivity contribution is 5.68. The molecule has 0 spiro atoms. The third kappa shape index (κ3) is 3.33. The summed E-state index contributed by atoms with van der Waals surface area (Å²) in [7, 11) is 0. The minimum Gasteiger partial charge on any atom is -0.379 e. The first-order valence-electron chi connectivity index (χ1n) is 6.52. The topological polar surface area (TPSA) is 91.0 Å². The second kappa shape index (κ2) is 6.68. The van der Waals surface area contributed by atoms with Gasteiger partial charge in [-0.05, 0) is 31.5 Å². The van der Waals surface area contributed by atoms with E-state index in [4.69, 9.17) is 5.26 Å². The fourth-order valence-electron chi connectivity index (χ4n) is 2.23. The molecule has 20 heavy (non-hydrogen) atoms. The number of nitriles is 1. The van der Waals surface area contributed by atoms with Crippen molar-refractivity contribution >= 4 is 11.4 Å². The Kier molecular flexibility index (Phi) is 4.69. The summed E-state index contributed by atoms with van der Waals surface area (Å²) in [6.45, 7) is 2.50. The third-order valence-electron chi connectivity index (χ3n) is 3.26. The lowest BCUT2D eigenvalue weighted by Crippen LogP contribution is -2.21. The summed E-state index contributed by atoms with van der Waals surface area (Å²) >= 11 is 0. The number of nitrogens with zero attached hydrogens (tertiary/aromatic N) is 2. The highest BCUT2D eigenvalue weighted by Gasteiger charge is 2.19. The third-order valence-corrected chi connectivity index (χ3v) is 3.26. The van der Waals surface area contributed by atoms with Gasteiger partial charge in [-0.1, -0.05) is 17.7 Å². The van der Waals surface area contributed by atoms with E-state index in [-0.39, 0.29) is 11.3 Å². The largest absolute Gasteiger partial charge is 0.379 e. The molecule has 1 aromatic rings. The molecule has 6 nitrogen and oxygen atoms in total. The molecule has 0 radical (unpaired) electrons. The van der Waals surface area contributed by atoms with Crippen LogP contribution in [0.3, 0.4) is 0 Å². The van der Waals surface area contributed by atoms with Crippen molar-refractivity contribution in [1.82, 2.24) is 5.32 Å². The lowest BCUT2D eigenvalue weighted by molar-refractivity contribution is -0.384. The van der Waals surface area contributed by atoms with Crippen LogP contribution < -0.4 is 10.6 Å². The van der Waals surface area contributed by atoms with Gasteiger partial charge in [0.25, 0.3) is 0 Å². The van der Waals surface area contributed by atoms with Gasteiger partial charge in [-0.15, -0.1) is 0 Å². The van der Waals surface area contributed by atoms with E-state index in [1.165, 1.54) is 11.6 Å². The summed E-state index contributed by atoms with van der Waals surface area (Å²) in [5.74, 6) is 0. The van der Waals surface area contributed by atoms with Crippen molar-refractivity contribution in [2.75, 3.05) is 25.0 Å². The van der Waals surface area contributed by atoms with E-state index in [2.05, 4.69) is 16.7 Å². The molecule has 0 saturated carbocycles. The Labute approximate surface area is 117 Å². The van der Waals surface area contributed by atoms with Crippen molar-refractivity contribution < 1.29 is 4.92 Å². The Balaban J connectivity index is 2.04. The fourth-order valence-corrected chi connectivity index (χ4v) is 2.23. The van der Waals surface area contributed by atoms with E-state index < -0.39 is 4.92 Å². The van der Waals surface area contributed by atoms with Gasteiger partial charge in [-0.3, -0.25) is 10.1 Å². The molecule has 1 aromatic carbocycles. The lowest BCUT2D eigenvalue weighted by Gasteiger charge is -2.14. The van der Waals surface area contributed by atoms with Crippen LogP contribution in [0.15, 0.2) is 29.8 Å². The zero-order valence-electron chi connectivity index (χ0n) is 11.1.